The molecule has 96 valence electrons. The van der Waals surface area contributed by atoms with E-state index in [4.69, 9.17) is 0 Å². The van der Waals surface area contributed by atoms with Crippen LogP contribution >= 0.6 is 0 Å². The van der Waals surface area contributed by atoms with Gasteiger partial charge in [-0.25, -0.2) is 9.97 Å². The number of nitrogens with zero attached hydrogens (tertiary/aromatic N) is 3. The SMILES string of the molecule is CCc1cc(N(CCO)C(CC)CC)ncn1. The molecule has 0 saturated carbocycles. The van der Waals surface area contributed by atoms with Gasteiger partial charge < -0.3 is 10.0 Å². The second-order valence-corrected chi connectivity index (χ2v) is 4.11. The summed E-state index contributed by atoms with van der Waals surface area (Å²) in [6.07, 6.45) is 4.64. The number of aliphatic hydroxyl groups is 1. The van der Waals surface area contributed by atoms with Crippen LogP contribution in [0.5, 0.6) is 0 Å². The minimum absolute atomic E-state index is 0.155. The van der Waals surface area contributed by atoms with Gasteiger partial charge >= 0.3 is 0 Å². The van der Waals surface area contributed by atoms with Crippen LogP contribution in [0.15, 0.2) is 12.4 Å². The zero-order valence-electron chi connectivity index (χ0n) is 11.1. The molecule has 0 aromatic carbocycles. The normalized spacial score (nSPS) is 10.9. The zero-order chi connectivity index (χ0) is 12.7. The van der Waals surface area contributed by atoms with Crippen molar-refractivity contribution in [1.82, 2.24) is 9.97 Å². The van der Waals surface area contributed by atoms with Gasteiger partial charge in [0.1, 0.15) is 12.1 Å². The van der Waals surface area contributed by atoms with Crippen molar-refractivity contribution in [3.63, 3.8) is 0 Å². The van der Waals surface area contributed by atoms with Crippen LogP contribution in [0.4, 0.5) is 5.82 Å². The van der Waals surface area contributed by atoms with E-state index in [0.717, 1.165) is 30.8 Å². The molecule has 0 aliphatic heterocycles. The number of aliphatic hydroxyl groups excluding tert-OH is 1. The van der Waals surface area contributed by atoms with E-state index in [0.29, 0.717) is 12.6 Å². The number of aromatic nitrogens is 2. The van der Waals surface area contributed by atoms with Gasteiger partial charge in [-0.1, -0.05) is 20.8 Å². The van der Waals surface area contributed by atoms with Crippen LogP contribution in [-0.2, 0) is 6.42 Å². The fourth-order valence-corrected chi connectivity index (χ4v) is 2.06. The highest BCUT2D eigenvalue weighted by molar-refractivity contribution is 5.40. The van der Waals surface area contributed by atoms with Crippen molar-refractivity contribution < 1.29 is 5.11 Å². The summed E-state index contributed by atoms with van der Waals surface area (Å²) in [7, 11) is 0. The van der Waals surface area contributed by atoms with Crippen LogP contribution in [0.25, 0.3) is 0 Å². The predicted octanol–water partition coefficient (Wildman–Crippen LogP) is 2.03. The van der Waals surface area contributed by atoms with Gasteiger partial charge in [0.05, 0.1) is 6.61 Å². The fourth-order valence-electron chi connectivity index (χ4n) is 2.06. The first-order chi connectivity index (χ1) is 8.26. The maximum absolute atomic E-state index is 9.18. The topological polar surface area (TPSA) is 49.2 Å². The van der Waals surface area contributed by atoms with Crippen molar-refractivity contribution in [1.29, 1.82) is 0 Å². The molecule has 0 fully saturated rings. The molecule has 4 heteroatoms. The molecule has 1 N–H and O–H groups in total. The Morgan fingerprint density at radius 3 is 2.47 bits per heavy atom. The zero-order valence-corrected chi connectivity index (χ0v) is 11.1. The highest BCUT2D eigenvalue weighted by atomic mass is 16.3. The molecular weight excluding hydrogens is 214 g/mol. The summed E-state index contributed by atoms with van der Waals surface area (Å²) in [5.74, 6) is 0.930. The Morgan fingerprint density at radius 1 is 1.24 bits per heavy atom. The van der Waals surface area contributed by atoms with E-state index in [2.05, 4.69) is 35.6 Å². The summed E-state index contributed by atoms with van der Waals surface area (Å²) >= 11 is 0. The molecule has 0 spiro atoms. The van der Waals surface area contributed by atoms with Crippen molar-refractivity contribution in [2.45, 2.75) is 46.1 Å². The van der Waals surface area contributed by atoms with E-state index in [1.165, 1.54) is 0 Å². The number of hydrogen-bond donors (Lipinski definition) is 1. The molecule has 0 aliphatic carbocycles. The van der Waals surface area contributed by atoms with Gasteiger partial charge in [-0.15, -0.1) is 0 Å². The lowest BCUT2D eigenvalue weighted by Crippen LogP contribution is -2.37. The summed E-state index contributed by atoms with van der Waals surface area (Å²) < 4.78 is 0. The standard InChI is InChI=1S/C13H23N3O/c1-4-11-9-13(15-10-14-11)16(7-8-17)12(5-2)6-3/h9-10,12,17H,4-8H2,1-3H3. The van der Waals surface area contributed by atoms with Gasteiger partial charge in [0.15, 0.2) is 0 Å². The minimum Gasteiger partial charge on any atom is -0.395 e. The van der Waals surface area contributed by atoms with Crippen LogP contribution < -0.4 is 4.90 Å². The van der Waals surface area contributed by atoms with Gasteiger partial charge in [0.25, 0.3) is 0 Å². The van der Waals surface area contributed by atoms with Gasteiger partial charge in [0.2, 0.25) is 0 Å². The lowest BCUT2D eigenvalue weighted by atomic mass is 10.1. The minimum atomic E-state index is 0.155. The molecule has 0 aliphatic rings. The Labute approximate surface area is 104 Å². The molecule has 0 atom stereocenters. The van der Waals surface area contributed by atoms with Crippen molar-refractivity contribution in [3.8, 4) is 0 Å². The highest BCUT2D eigenvalue weighted by Gasteiger charge is 2.16. The van der Waals surface area contributed by atoms with Gasteiger partial charge in [-0.05, 0) is 19.3 Å². The quantitative estimate of drug-likeness (QED) is 0.788. The van der Waals surface area contributed by atoms with E-state index >= 15 is 0 Å². The molecule has 1 rings (SSSR count). The van der Waals surface area contributed by atoms with Crippen LogP contribution in [-0.4, -0.2) is 34.3 Å². The summed E-state index contributed by atoms with van der Waals surface area (Å²) in [4.78, 5) is 10.7. The predicted molar refractivity (Wildman–Crippen MR) is 70.2 cm³/mol. The number of hydrogen-bond acceptors (Lipinski definition) is 4. The van der Waals surface area contributed by atoms with E-state index < -0.39 is 0 Å². The molecule has 17 heavy (non-hydrogen) atoms. The third-order valence-corrected chi connectivity index (χ3v) is 3.09. The molecule has 1 heterocycles. The first kappa shape index (κ1) is 13.9. The molecule has 1 aromatic heterocycles. The van der Waals surface area contributed by atoms with Crippen molar-refractivity contribution >= 4 is 5.82 Å². The third-order valence-electron chi connectivity index (χ3n) is 3.09. The van der Waals surface area contributed by atoms with E-state index in [1.807, 2.05) is 6.07 Å². The van der Waals surface area contributed by atoms with Gasteiger partial charge in [-0.3, -0.25) is 0 Å². The second-order valence-electron chi connectivity index (χ2n) is 4.11. The maximum atomic E-state index is 9.18. The summed E-state index contributed by atoms with van der Waals surface area (Å²) in [6, 6.07) is 2.45. The average Bonchev–Trinajstić information content (AvgIpc) is 2.39. The Morgan fingerprint density at radius 2 is 1.94 bits per heavy atom. The Kier molecular flexibility index (Phi) is 5.91. The third kappa shape index (κ3) is 3.66. The number of anilines is 1. The smallest absolute Gasteiger partial charge is 0.132 e. The number of aryl methyl sites for hydroxylation is 1. The molecule has 0 amide bonds. The van der Waals surface area contributed by atoms with Crippen LogP contribution in [0.1, 0.15) is 39.3 Å². The molecule has 1 aromatic rings. The lowest BCUT2D eigenvalue weighted by Gasteiger charge is -2.31. The van der Waals surface area contributed by atoms with Crippen LogP contribution in [0.2, 0.25) is 0 Å². The molecule has 0 saturated heterocycles. The maximum Gasteiger partial charge on any atom is 0.132 e. The molecule has 0 unspecified atom stereocenters. The van der Waals surface area contributed by atoms with Crippen molar-refractivity contribution in [2.75, 3.05) is 18.1 Å². The lowest BCUT2D eigenvalue weighted by molar-refractivity contribution is 0.295. The fraction of sp³-hybridized carbons (Fsp3) is 0.692. The summed E-state index contributed by atoms with van der Waals surface area (Å²) in [5, 5.41) is 9.18. The summed E-state index contributed by atoms with van der Waals surface area (Å²) in [5.41, 5.74) is 1.05. The molecule has 0 radical (unpaired) electrons. The number of rotatable bonds is 7. The largest absolute Gasteiger partial charge is 0.395 e. The molecule has 0 bridgehead atoms. The van der Waals surface area contributed by atoms with Crippen LogP contribution in [0.3, 0.4) is 0 Å². The molecule has 4 nitrogen and oxygen atoms in total. The van der Waals surface area contributed by atoms with Gasteiger partial charge in [-0.2, -0.15) is 0 Å². The van der Waals surface area contributed by atoms with Crippen molar-refractivity contribution in [3.05, 3.63) is 18.1 Å². The Bertz CT molecular complexity index is 326. The average molecular weight is 237 g/mol. The van der Waals surface area contributed by atoms with E-state index in [1.54, 1.807) is 6.33 Å². The highest BCUT2D eigenvalue weighted by Crippen LogP contribution is 2.18. The van der Waals surface area contributed by atoms with E-state index in [-0.39, 0.29) is 6.61 Å². The Hall–Kier alpha value is -1.16. The van der Waals surface area contributed by atoms with Crippen LogP contribution in [0, 0.1) is 0 Å². The first-order valence-corrected chi connectivity index (χ1v) is 6.45. The summed E-state index contributed by atoms with van der Waals surface area (Å²) in [6.45, 7) is 7.20. The monoisotopic (exact) mass is 237 g/mol. The van der Waals surface area contributed by atoms with Gasteiger partial charge in [0, 0.05) is 24.3 Å². The second kappa shape index (κ2) is 7.22. The van der Waals surface area contributed by atoms with E-state index in [9.17, 15) is 5.11 Å². The molecular formula is C13H23N3O. The van der Waals surface area contributed by atoms with Crippen molar-refractivity contribution in [2.24, 2.45) is 0 Å². The Balaban J connectivity index is 2.94. The first-order valence-electron chi connectivity index (χ1n) is 6.45.